The first-order valence-corrected chi connectivity index (χ1v) is 9.94. The molecule has 1 N–H and O–H groups in total. The number of rotatable bonds is 6. The van der Waals surface area contributed by atoms with Crippen molar-refractivity contribution in [2.24, 2.45) is 0 Å². The summed E-state index contributed by atoms with van der Waals surface area (Å²) in [5.41, 5.74) is 1.14. The van der Waals surface area contributed by atoms with E-state index in [1.807, 2.05) is 5.38 Å². The van der Waals surface area contributed by atoms with Gasteiger partial charge in [0.25, 0.3) is 11.6 Å². The number of halogens is 1. The molecular formula is C18H21ClN4O3S. The van der Waals surface area contributed by atoms with Crippen molar-refractivity contribution in [1.29, 1.82) is 0 Å². The largest absolute Gasteiger partial charge is 0.350 e. The first kappa shape index (κ1) is 19.8. The number of nitro groups is 1. The number of benzene rings is 1. The lowest BCUT2D eigenvalue weighted by molar-refractivity contribution is -0.384. The molecule has 1 unspecified atom stereocenters. The number of amides is 1. The molecule has 0 saturated carbocycles. The normalized spacial score (nSPS) is 16.8. The monoisotopic (exact) mass is 408 g/mol. The fourth-order valence-corrected chi connectivity index (χ4v) is 4.03. The van der Waals surface area contributed by atoms with Crippen LogP contribution in [0.1, 0.15) is 22.0 Å². The Morgan fingerprint density at radius 2 is 2.07 bits per heavy atom. The summed E-state index contributed by atoms with van der Waals surface area (Å²) in [4.78, 5) is 27.6. The van der Waals surface area contributed by atoms with Crippen LogP contribution in [0.5, 0.6) is 0 Å². The smallest absolute Gasteiger partial charge is 0.288 e. The highest BCUT2D eigenvalue weighted by Gasteiger charge is 2.25. The van der Waals surface area contributed by atoms with Gasteiger partial charge in [-0.05, 0) is 41.6 Å². The Morgan fingerprint density at radius 1 is 1.33 bits per heavy atom. The van der Waals surface area contributed by atoms with Crippen LogP contribution in [-0.2, 0) is 0 Å². The third-order valence-corrected chi connectivity index (χ3v) is 5.79. The van der Waals surface area contributed by atoms with Crippen LogP contribution in [0.2, 0.25) is 5.02 Å². The summed E-state index contributed by atoms with van der Waals surface area (Å²) >= 11 is 7.45. The second-order valence-electron chi connectivity index (χ2n) is 6.55. The second-order valence-corrected chi connectivity index (χ2v) is 7.73. The molecule has 2 aromatic rings. The lowest BCUT2D eigenvalue weighted by Gasteiger charge is -2.38. The van der Waals surface area contributed by atoms with Crippen molar-refractivity contribution in [2.75, 3.05) is 39.8 Å². The van der Waals surface area contributed by atoms with Gasteiger partial charge in [-0.15, -0.1) is 0 Å². The molecule has 1 aromatic heterocycles. The van der Waals surface area contributed by atoms with E-state index in [4.69, 9.17) is 11.6 Å². The third-order valence-electron chi connectivity index (χ3n) is 4.77. The van der Waals surface area contributed by atoms with E-state index in [9.17, 15) is 14.9 Å². The lowest BCUT2D eigenvalue weighted by Crippen LogP contribution is -2.48. The highest BCUT2D eigenvalue weighted by molar-refractivity contribution is 7.08. The van der Waals surface area contributed by atoms with Gasteiger partial charge >= 0.3 is 0 Å². The van der Waals surface area contributed by atoms with Crippen LogP contribution in [0, 0.1) is 10.1 Å². The second kappa shape index (κ2) is 8.79. The molecule has 0 aliphatic carbocycles. The molecule has 1 aromatic carbocycles. The predicted octanol–water partition coefficient (Wildman–Crippen LogP) is 3.03. The van der Waals surface area contributed by atoms with E-state index in [2.05, 4.69) is 33.6 Å². The Hall–Kier alpha value is -2.00. The summed E-state index contributed by atoms with van der Waals surface area (Å²) in [7, 11) is 2.10. The standard InChI is InChI=1S/C18H21ClN4O3S/c1-21-5-7-22(8-6-21)17(14-4-9-27-12-14)11-20-18(24)13-2-3-15(19)16(10-13)23(25)26/h2-4,9-10,12,17H,5-8,11H2,1H3,(H,20,24). The fraction of sp³-hybridized carbons (Fsp3) is 0.389. The molecule has 1 fully saturated rings. The minimum absolute atomic E-state index is 0.0186. The van der Waals surface area contributed by atoms with Gasteiger partial charge in [0.1, 0.15) is 5.02 Å². The average molecular weight is 409 g/mol. The maximum absolute atomic E-state index is 12.5. The van der Waals surface area contributed by atoms with Crippen molar-refractivity contribution in [3.63, 3.8) is 0 Å². The summed E-state index contributed by atoms with van der Waals surface area (Å²) in [5, 5.41) is 18.1. The number of hydrogen-bond donors (Lipinski definition) is 1. The van der Waals surface area contributed by atoms with E-state index in [0.717, 1.165) is 26.2 Å². The van der Waals surface area contributed by atoms with E-state index in [1.54, 1.807) is 11.3 Å². The Balaban J connectivity index is 1.71. The Kier molecular flexibility index (Phi) is 6.43. The predicted molar refractivity (Wildman–Crippen MR) is 107 cm³/mol. The van der Waals surface area contributed by atoms with E-state index in [0.29, 0.717) is 6.54 Å². The van der Waals surface area contributed by atoms with Crippen LogP contribution in [0.25, 0.3) is 0 Å². The first-order chi connectivity index (χ1) is 13.0. The number of thiophene rings is 1. The van der Waals surface area contributed by atoms with E-state index in [1.165, 1.54) is 23.8 Å². The number of likely N-dealkylation sites (N-methyl/N-ethyl adjacent to an activating group) is 1. The Morgan fingerprint density at radius 3 is 2.70 bits per heavy atom. The minimum Gasteiger partial charge on any atom is -0.350 e. The van der Waals surface area contributed by atoms with Crippen LogP contribution >= 0.6 is 22.9 Å². The zero-order valence-electron chi connectivity index (χ0n) is 14.9. The zero-order valence-corrected chi connectivity index (χ0v) is 16.5. The molecule has 1 aliphatic heterocycles. The van der Waals surface area contributed by atoms with Crippen LogP contribution in [0.4, 0.5) is 5.69 Å². The van der Waals surface area contributed by atoms with E-state index < -0.39 is 4.92 Å². The highest BCUT2D eigenvalue weighted by atomic mass is 35.5. The number of nitro benzene ring substituents is 1. The van der Waals surface area contributed by atoms with Crippen LogP contribution in [0.3, 0.4) is 0 Å². The highest BCUT2D eigenvalue weighted by Crippen LogP contribution is 2.26. The molecule has 3 rings (SSSR count). The Bertz CT molecular complexity index is 807. The molecule has 1 amide bonds. The van der Waals surface area contributed by atoms with Crippen molar-refractivity contribution in [1.82, 2.24) is 15.1 Å². The van der Waals surface area contributed by atoms with E-state index >= 15 is 0 Å². The van der Waals surface area contributed by atoms with E-state index in [-0.39, 0.29) is 28.2 Å². The molecule has 0 spiro atoms. The quantitative estimate of drug-likeness (QED) is 0.587. The molecule has 1 aliphatic rings. The van der Waals surface area contributed by atoms with Gasteiger partial charge < -0.3 is 10.2 Å². The molecule has 0 radical (unpaired) electrons. The van der Waals surface area contributed by atoms with Gasteiger partial charge in [-0.2, -0.15) is 11.3 Å². The van der Waals surface area contributed by atoms with Crippen LogP contribution < -0.4 is 5.32 Å². The topological polar surface area (TPSA) is 78.7 Å². The van der Waals surface area contributed by atoms with Gasteiger partial charge in [0, 0.05) is 44.4 Å². The maximum atomic E-state index is 12.5. The number of nitrogens with zero attached hydrogens (tertiary/aromatic N) is 3. The van der Waals surface area contributed by atoms with Gasteiger partial charge in [-0.3, -0.25) is 19.8 Å². The summed E-state index contributed by atoms with van der Waals surface area (Å²) in [6, 6.07) is 6.25. The molecule has 0 bridgehead atoms. The van der Waals surface area contributed by atoms with Crippen molar-refractivity contribution in [2.45, 2.75) is 6.04 Å². The van der Waals surface area contributed by atoms with Gasteiger partial charge in [0.2, 0.25) is 0 Å². The zero-order chi connectivity index (χ0) is 19.4. The average Bonchev–Trinajstić information content (AvgIpc) is 3.17. The number of carbonyl (C=O) groups is 1. The molecule has 7 nitrogen and oxygen atoms in total. The molecule has 1 saturated heterocycles. The summed E-state index contributed by atoms with van der Waals surface area (Å²) in [5.74, 6) is -0.343. The molecule has 9 heteroatoms. The first-order valence-electron chi connectivity index (χ1n) is 8.62. The van der Waals surface area contributed by atoms with Crippen LogP contribution in [0.15, 0.2) is 35.0 Å². The molecule has 1 atom stereocenters. The molecule has 144 valence electrons. The lowest BCUT2D eigenvalue weighted by atomic mass is 10.1. The van der Waals surface area contributed by atoms with Crippen molar-refractivity contribution in [3.05, 3.63) is 61.3 Å². The molecule has 27 heavy (non-hydrogen) atoms. The third kappa shape index (κ3) is 4.84. The van der Waals surface area contributed by atoms with Crippen molar-refractivity contribution in [3.8, 4) is 0 Å². The Labute approximate surface area is 166 Å². The van der Waals surface area contributed by atoms with Crippen molar-refractivity contribution < 1.29 is 9.72 Å². The summed E-state index contributed by atoms with van der Waals surface area (Å²) in [6.45, 7) is 4.27. The van der Waals surface area contributed by atoms with Crippen molar-refractivity contribution >= 4 is 34.5 Å². The molecule has 2 heterocycles. The number of carbonyl (C=O) groups excluding carboxylic acids is 1. The summed E-state index contributed by atoms with van der Waals surface area (Å²) < 4.78 is 0. The maximum Gasteiger partial charge on any atom is 0.288 e. The minimum atomic E-state index is -0.586. The van der Waals surface area contributed by atoms with Gasteiger partial charge in [-0.1, -0.05) is 11.6 Å². The van der Waals surface area contributed by atoms with Gasteiger partial charge in [0.15, 0.2) is 0 Å². The summed E-state index contributed by atoms with van der Waals surface area (Å²) in [6.07, 6.45) is 0. The SMILES string of the molecule is CN1CCN(C(CNC(=O)c2ccc(Cl)c([N+](=O)[O-])c2)c2ccsc2)CC1. The fourth-order valence-electron chi connectivity index (χ4n) is 3.14. The van der Waals surface area contributed by atoms with Gasteiger partial charge in [0.05, 0.1) is 11.0 Å². The number of hydrogen-bond acceptors (Lipinski definition) is 6. The number of nitrogens with one attached hydrogen (secondary N) is 1. The number of piperazine rings is 1. The van der Waals surface area contributed by atoms with Crippen LogP contribution in [-0.4, -0.2) is 60.4 Å². The molecular weight excluding hydrogens is 388 g/mol. The van der Waals surface area contributed by atoms with Gasteiger partial charge in [-0.25, -0.2) is 0 Å².